The van der Waals surface area contributed by atoms with Crippen LogP contribution in [-0.2, 0) is 6.42 Å². The second kappa shape index (κ2) is 10.8. The molecule has 1 fully saturated rings. The van der Waals surface area contributed by atoms with Crippen LogP contribution in [0.3, 0.4) is 0 Å². The summed E-state index contributed by atoms with van der Waals surface area (Å²) < 4.78 is 5.21. The van der Waals surface area contributed by atoms with Crippen molar-refractivity contribution in [1.29, 1.82) is 0 Å². The molecular formula is C27H31N7O2. The van der Waals surface area contributed by atoms with Crippen molar-refractivity contribution in [2.75, 3.05) is 52.2 Å². The zero-order valence-electron chi connectivity index (χ0n) is 20.7. The number of aromatic amines is 1. The number of pyridine rings is 2. The van der Waals surface area contributed by atoms with Crippen LogP contribution in [0.1, 0.15) is 12.0 Å². The van der Waals surface area contributed by atoms with E-state index < -0.39 is 0 Å². The lowest BCUT2D eigenvalue weighted by Crippen LogP contribution is -2.30. The Labute approximate surface area is 210 Å². The first-order valence-electron chi connectivity index (χ1n) is 12.2. The molecule has 0 saturated carbocycles. The zero-order valence-corrected chi connectivity index (χ0v) is 20.7. The topological polar surface area (TPSA) is 99.3 Å². The minimum atomic E-state index is -0.203. The molecule has 186 valence electrons. The van der Waals surface area contributed by atoms with E-state index >= 15 is 0 Å². The van der Waals surface area contributed by atoms with Gasteiger partial charge in [-0.3, -0.25) is 9.78 Å². The predicted molar refractivity (Wildman–Crippen MR) is 142 cm³/mol. The van der Waals surface area contributed by atoms with Crippen LogP contribution in [0, 0.1) is 0 Å². The average Bonchev–Trinajstić information content (AvgIpc) is 3.12. The fourth-order valence-corrected chi connectivity index (χ4v) is 4.51. The minimum Gasteiger partial charge on any atom is -0.480 e. The van der Waals surface area contributed by atoms with Gasteiger partial charge in [-0.2, -0.15) is 0 Å². The summed E-state index contributed by atoms with van der Waals surface area (Å²) in [4.78, 5) is 33.8. The molecule has 4 heterocycles. The number of hydrogen-bond donors (Lipinski definition) is 2. The van der Waals surface area contributed by atoms with E-state index in [1.165, 1.54) is 18.5 Å². The van der Waals surface area contributed by atoms with Gasteiger partial charge in [-0.1, -0.05) is 12.1 Å². The summed E-state index contributed by atoms with van der Waals surface area (Å²) in [7, 11) is 3.74. The van der Waals surface area contributed by atoms with Gasteiger partial charge in [0.1, 0.15) is 11.5 Å². The predicted octanol–water partition coefficient (Wildman–Crippen LogP) is 3.31. The molecule has 0 atom stereocenters. The van der Waals surface area contributed by atoms with E-state index in [0.29, 0.717) is 28.5 Å². The van der Waals surface area contributed by atoms with Crippen molar-refractivity contribution in [3.63, 3.8) is 0 Å². The maximum atomic E-state index is 12.7. The van der Waals surface area contributed by atoms with Crippen molar-refractivity contribution in [2.45, 2.75) is 12.8 Å². The van der Waals surface area contributed by atoms with Crippen LogP contribution in [0.5, 0.6) is 5.88 Å². The van der Waals surface area contributed by atoms with Crippen LogP contribution in [0.2, 0.25) is 0 Å². The zero-order chi connectivity index (χ0) is 24.9. The Morgan fingerprint density at radius 1 is 1.03 bits per heavy atom. The van der Waals surface area contributed by atoms with Crippen LogP contribution in [0.4, 0.5) is 11.5 Å². The molecule has 0 unspecified atom stereocenters. The molecular weight excluding hydrogens is 454 g/mol. The largest absolute Gasteiger partial charge is 0.480 e. The first kappa shape index (κ1) is 23.9. The molecule has 3 aromatic heterocycles. The van der Waals surface area contributed by atoms with Gasteiger partial charge in [0.05, 0.1) is 30.6 Å². The van der Waals surface area contributed by atoms with Crippen LogP contribution in [0.25, 0.3) is 22.2 Å². The summed E-state index contributed by atoms with van der Waals surface area (Å²) >= 11 is 0. The third kappa shape index (κ3) is 5.53. The summed E-state index contributed by atoms with van der Waals surface area (Å²) in [6.07, 6.45) is 7.04. The molecule has 1 aliphatic rings. The maximum Gasteiger partial charge on any atom is 0.259 e. The molecule has 1 aromatic carbocycles. The Hall–Kier alpha value is -3.82. The number of hydrogen-bond acceptors (Lipinski definition) is 8. The molecule has 0 aliphatic carbocycles. The smallest absolute Gasteiger partial charge is 0.259 e. The standard InChI is InChI=1S/C27H31N7O2/c1-33-11-3-12-34(15-14-33)13-9-19-4-6-21(7-5-19)30-26-25-20(8-10-29-27(25)35)16-22(32-26)23-17-28-18-24(31-23)36-2/h4-8,10,16-18H,3,9,11-15H2,1-2H3,(H,29,35)(H,30,32). The monoisotopic (exact) mass is 485 g/mol. The van der Waals surface area contributed by atoms with Gasteiger partial charge in [0, 0.05) is 31.5 Å². The van der Waals surface area contributed by atoms with E-state index in [1.807, 2.05) is 24.3 Å². The van der Waals surface area contributed by atoms with Gasteiger partial charge in [-0.05, 0) is 68.2 Å². The lowest BCUT2D eigenvalue weighted by atomic mass is 10.1. The lowest BCUT2D eigenvalue weighted by Gasteiger charge is -2.20. The summed E-state index contributed by atoms with van der Waals surface area (Å²) in [5.41, 5.74) is 3.11. The van der Waals surface area contributed by atoms with Crippen molar-refractivity contribution in [2.24, 2.45) is 0 Å². The molecule has 4 aromatic rings. The molecule has 36 heavy (non-hydrogen) atoms. The second-order valence-electron chi connectivity index (χ2n) is 9.14. The van der Waals surface area contributed by atoms with Crippen molar-refractivity contribution < 1.29 is 4.74 Å². The van der Waals surface area contributed by atoms with Crippen LogP contribution < -0.4 is 15.6 Å². The third-order valence-corrected chi connectivity index (χ3v) is 6.58. The third-order valence-electron chi connectivity index (χ3n) is 6.58. The number of ether oxygens (including phenoxy) is 1. The number of fused-ring (bicyclic) bond motifs is 1. The SMILES string of the molecule is COc1cncc(-c2cc3cc[nH]c(=O)c3c(Nc3ccc(CCN4CCCN(C)CC4)cc3)n2)n1. The molecule has 5 rings (SSSR count). The highest BCUT2D eigenvalue weighted by atomic mass is 16.5. The van der Waals surface area contributed by atoms with Crippen LogP contribution in [-0.4, -0.2) is 76.6 Å². The number of nitrogens with zero attached hydrogens (tertiary/aromatic N) is 5. The van der Waals surface area contributed by atoms with E-state index in [0.717, 1.165) is 43.7 Å². The molecule has 0 amide bonds. The number of rotatable bonds is 7. The van der Waals surface area contributed by atoms with E-state index in [1.54, 1.807) is 25.7 Å². The fraction of sp³-hybridized carbons (Fsp3) is 0.333. The molecule has 2 N–H and O–H groups in total. The highest BCUT2D eigenvalue weighted by Crippen LogP contribution is 2.27. The Kier molecular flexibility index (Phi) is 7.20. The maximum absolute atomic E-state index is 12.7. The van der Waals surface area contributed by atoms with Crippen LogP contribution >= 0.6 is 0 Å². The molecule has 9 nitrogen and oxygen atoms in total. The molecule has 9 heteroatoms. The van der Waals surface area contributed by atoms with Crippen molar-refractivity contribution in [3.8, 4) is 17.3 Å². The first-order valence-corrected chi connectivity index (χ1v) is 12.2. The van der Waals surface area contributed by atoms with Gasteiger partial charge >= 0.3 is 0 Å². The summed E-state index contributed by atoms with van der Waals surface area (Å²) in [5, 5.41) is 4.60. The number of aromatic nitrogens is 4. The lowest BCUT2D eigenvalue weighted by molar-refractivity contribution is 0.279. The van der Waals surface area contributed by atoms with Gasteiger partial charge in [0.15, 0.2) is 0 Å². The highest BCUT2D eigenvalue weighted by Gasteiger charge is 2.14. The number of nitrogens with one attached hydrogen (secondary N) is 2. The highest BCUT2D eigenvalue weighted by molar-refractivity contribution is 5.94. The Balaban J connectivity index is 1.37. The number of benzene rings is 1. The average molecular weight is 486 g/mol. The fourth-order valence-electron chi connectivity index (χ4n) is 4.51. The van der Waals surface area contributed by atoms with Gasteiger partial charge in [0.25, 0.3) is 5.56 Å². The van der Waals surface area contributed by atoms with E-state index in [9.17, 15) is 4.79 Å². The van der Waals surface area contributed by atoms with Gasteiger partial charge in [-0.25, -0.2) is 9.97 Å². The normalized spacial score (nSPS) is 15.1. The Bertz CT molecular complexity index is 1390. The summed E-state index contributed by atoms with van der Waals surface area (Å²) in [5.74, 6) is 0.869. The van der Waals surface area contributed by atoms with Crippen molar-refractivity contribution in [1.82, 2.24) is 29.7 Å². The van der Waals surface area contributed by atoms with Crippen molar-refractivity contribution in [3.05, 3.63) is 70.9 Å². The number of H-pyrrole nitrogens is 1. The van der Waals surface area contributed by atoms with Gasteiger partial charge < -0.3 is 24.8 Å². The minimum absolute atomic E-state index is 0.203. The van der Waals surface area contributed by atoms with Crippen molar-refractivity contribution >= 4 is 22.3 Å². The Morgan fingerprint density at radius 2 is 1.89 bits per heavy atom. The molecule has 0 spiro atoms. The Morgan fingerprint density at radius 3 is 2.72 bits per heavy atom. The van der Waals surface area contributed by atoms with E-state index in [-0.39, 0.29) is 5.56 Å². The quantitative estimate of drug-likeness (QED) is 0.411. The molecule has 0 radical (unpaired) electrons. The van der Waals surface area contributed by atoms with E-state index in [2.05, 4.69) is 49.2 Å². The second-order valence-corrected chi connectivity index (χ2v) is 9.14. The number of methoxy groups -OCH3 is 1. The molecule has 0 bridgehead atoms. The van der Waals surface area contributed by atoms with Crippen LogP contribution in [0.15, 0.2) is 59.8 Å². The summed E-state index contributed by atoms with van der Waals surface area (Å²) in [6, 6.07) is 12.0. The molecule has 1 saturated heterocycles. The summed E-state index contributed by atoms with van der Waals surface area (Å²) in [6.45, 7) is 5.64. The number of anilines is 2. The van der Waals surface area contributed by atoms with Gasteiger partial charge in [-0.15, -0.1) is 0 Å². The van der Waals surface area contributed by atoms with Gasteiger partial charge in [0.2, 0.25) is 5.88 Å². The first-order chi connectivity index (χ1) is 17.6. The van der Waals surface area contributed by atoms with E-state index in [4.69, 9.17) is 9.72 Å². The number of likely N-dealkylation sites (N-methyl/N-ethyl adjacent to an activating group) is 1. The molecule has 1 aliphatic heterocycles.